The SMILES string of the molecule is COc1ccccc1NC(=O)NCC1CCN(c2cnccn2)CC1. The number of hydrogen-bond donors (Lipinski definition) is 2. The van der Waals surface area contributed by atoms with Crippen molar-refractivity contribution in [3.63, 3.8) is 0 Å². The highest BCUT2D eigenvalue weighted by atomic mass is 16.5. The van der Waals surface area contributed by atoms with E-state index in [0.29, 0.717) is 23.9 Å². The number of carbonyl (C=O) groups excluding carboxylic acids is 1. The van der Waals surface area contributed by atoms with Gasteiger partial charge in [-0.3, -0.25) is 4.98 Å². The van der Waals surface area contributed by atoms with Crippen molar-refractivity contribution < 1.29 is 9.53 Å². The van der Waals surface area contributed by atoms with Crippen molar-refractivity contribution >= 4 is 17.5 Å². The summed E-state index contributed by atoms with van der Waals surface area (Å²) >= 11 is 0. The third-order valence-electron chi connectivity index (χ3n) is 4.39. The number of carbonyl (C=O) groups is 1. The van der Waals surface area contributed by atoms with Crippen molar-refractivity contribution in [3.8, 4) is 5.75 Å². The van der Waals surface area contributed by atoms with Crippen LogP contribution in [0.25, 0.3) is 0 Å². The molecule has 0 bridgehead atoms. The van der Waals surface area contributed by atoms with E-state index < -0.39 is 0 Å². The first kappa shape index (κ1) is 17.0. The van der Waals surface area contributed by atoms with Gasteiger partial charge in [0.2, 0.25) is 0 Å². The molecule has 0 spiro atoms. The highest BCUT2D eigenvalue weighted by Crippen LogP contribution is 2.23. The Kier molecular flexibility index (Phi) is 5.66. The molecule has 1 aliphatic heterocycles. The minimum absolute atomic E-state index is 0.208. The first-order valence-electron chi connectivity index (χ1n) is 8.45. The Morgan fingerprint density at radius 2 is 2.08 bits per heavy atom. The van der Waals surface area contributed by atoms with Crippen LogP contribution >= 0.6 is 0 Å². The summed E-state index contributed by atoms with van der Waals surface area (Å²) in [6.07, 6.45) is 7.22. The van der Waals surface area contributed by atoms with Gasteiger partial charge < -0.3 is 20.3 Å². The first-order valence-corrected chi connectivity index (χ1v) is 8.45. The highest BCUT2D eigenvalue weighted by molar-refractivity contribution is 5.90. The molecule has 0 atom stereocenters. The summed E-state index contributed by atoms with van der Waals surface area (Å²) in [4.78, 5) is 22.8. The molecule has 3 rings (SSSR count). The molecule has 2 heterocycles. The second-order valence-corrected chi connectivity index (χ2v) is 6.03. The number of amides is 2. The van der Waals surface area contributed by atoms with Gasteiger partial charge in [0.15, 0.2) is 0 Å². The van der Waals surface area contributed by atoms with E-state index in [0.717, 1.165) is 31.7 Å². The van der Waals surface area contributed by atoms with E-state index in [1.54, 1.807) is 25.7 Å². The lowest BCUT2D eigenvalue weighted by molar-refractivity contribution is 0.248. The third-order valence-corrected chi connectivity index (χ3v) is 4.39. The fraction of sp³-hybridized carbons (Fsp3) is 0.389. The Labute approximate surface area is 147 Å². The molecule has 0 aliphatic carbocycles. The number of hydrogen-bond acceptors (Lipinski definition) is 5. The number of methoxy groups -OCH3 is 1. The van der Waals surface area contributed by atoms with Gasteiger partial charge in [0.25, 0.3) is 0 Å². The Bertz CT molecular complexity index is 687. The van der Waals surface area contributed by atoms with Crippen molar-refractivity contribution in [3.05, 3.63) is 42.9 Å². The summed E-state index contributed by atoms with van der Waals surface area (Å²) < 4.78 is 5.24. The molecule has 1 aliphatic rings. The van der Waals surface area contributed by atoms with Crippen LogP contribution in [0.4, 0.5) is 16.3 Å². The van der Waals surface area contributed by atoms with Crippen LogP contribution in [0.2, 0.25) is 0 Å². The maximum absolute atomic E-state index is 12.1. The van der Waals surface area contributed by atoms with Gasteiger partial charge >= 0.3 is 6.03 Å². The van der Waals surface area contributed by atoms with Crippen LogP contribution in [0.3, 0.4) is 0 Å². The summed E-state index contributed by atoms with van der Waals surface area (Å²) in [7, 11) is 1.59. The van der Waals surface area contributed by atoms with Gasteiger partial charge in [-0.15, -0.1) is 0 Å². The van der Waals surface area contributed by atoms with Gasteiger partial charge in [0.1, 0.15) is 11.6 Å². The zero-order chi connectivity index (χ0) is 17.5. The molecular weight excluding hydrogens is 318 g/mol. The topological polar surface area (TPSA) is 79.4 Å². The highest BCUT2D eigenvalue weighted by Gasteiger charge is 2.20. The number of rotatable bonds is 5. The molecule has 25 heavy (non-hydrogen) atoms. The molecule has 2 N–H and O–H groups in total. The average molecular weight is 341 g/mol. The van der Waals surface area contributed by atoms with Crippen molar-refractivity contribution in [2.24, 2.45) is 5.92 Å². The Morgan fingerprint density at radius 3 is 2.80 bits per heavy atom. The summed E-state index contributed by atoms with van der Waals surface area (Å²) in [5.41, 5.74) is 0.667. The van der Waals surface area contributed by atoms with Crippen molar-refractivity contribution in [2.75, 3.05) is 37.0 Å². The van der Waals surface area contributed by atoms with E-state index in [9.17, 15) is 4.79 Å². The van der Waals surface area contributed by atoms with Gasteiger partial charge in [-0.25, -0.2) is 9.78 Å². The van der Waals surface area contributed by atoms with E-state index in [2.05, 4.69) is 25.5 Å². The van der Waals surface area contributed by atoms with Crippen LogP contribution in [-0.2, 0) is 0 Å². The van der Waals surface area contributed by atoms with E-state index in [4.69, 9.17) is 4.74 Å². The third kappa shape index (κ3) is 4.59. The number of benzene rings is 1. The minimum atomic E-state index is -0.208. The van der Waals surface area contributed by atoms with E-state index in [-0.39, 0.29) is 6.03 Å². The van der Waals surface area contributed by atoms with E-state index in [1.807, 2.05) is 24.3 Å². The summed E-state index contributed by atoms with van der Waals surface area (Å²) in [6, 6.07) is 7.16. The number of anilines is 2. The monoisotopic (exact) mass is 341 g/mol. The van der Waals surface area contributed by atoms with E-state index >= 15 is 0 Å². The lowest BCUT2D eigenvalue weighted by Crippen LogP contribution is -2.40. The molecule has 1 aromatic carbocycles. The quantitative estimate of drug-likeness (QED) is 0.874. The number of nitrogens with one attached hydrogen (secondary N) is 2. The average Bonchev–Trinajstić information content (AvgIpc) is 2.68. The van der Waals surface area contributed by atoms with Crippen molar-refractivity contribution in [1.82, 2.24) is 15.3 Å². The van der Waals surface area contributed by atoms with Crippen LogP contribution in [0, 0.1) is 5.92 Å². The number of nitrogens with zero attached hydrogens (tertiary/aromatic N) is 3. The normalized spacial score (nSPS) is 14.8. The fourth-order valence-electron chi connectivity index (χ4n) is 2.97. The van der Waals surface area contributed by atoms with Crippen LogP contribution in [0.5, 0.6) is 5.75 Å². The lowest BCUT2D eigenvalue weighted by Gasteiger charge is -2.32. The molecule has 1 aromatic heterocycles. The molecule has 1 fully saturated rings. The Morgan fingerprint density at radius 1 is 1.28 bits per heavy atom. The molecule has 2 aromatic rings. The maximum atomic E-state index is 12.1. The first-order chi connectivity index (χ1) is 12.3. The van der Waals surface area contributed by atoms with Gasteiger partial charge in [0, 0.05) is 32.0 Å². The molecular formula is C18H23N5O2. The number of aromatic nitrogens is 2. The number of para-hydroxylation sites is 2. The van der Waals surface area contributed by atoms with Gasteiger partial charge in [0.05, 0.1) is 19.0 Å². The molecule has 2 amide bonds. The van der Waals surface area contributed by atoms with Crippen LogP contribution in [0.15, 0.2) is 42.9 Å². The second-order valence-electron chi connectivity index (χ2n) is 6.03. The van der Waals surface area contributed by atoms with E-state index in [1.165, 1.54) is 0 Å². The van der Waals surface area contributed by atoms with Gasteiger partial charge in [-0.2, -0.15) is 0 Å². The Balaban J connectivity index is 1.43. The predicted molar refractivity (Wildman–Crippen MR) is 97.0 cm³/mol. The summed E-state index contributed by atoms with van der Waals surface area (Å²) in [6.45, 7) is 2.52. The van der Waals surface area contributed by atoms with Crippen LogP contribution < -0.4 is 20.3 Å². The zero-order valence-corrected chi connectivity index (χ0v) is 14.3. The van der Waals surface area contributed by atoms with Gasteiger partial charge in [-0.1, -0.05) is 12.1 Å². The molecule has 7 nitrogen and oxygen atoms in total. The second kappa shape index (κ2) is 8.32. The molecule has 1 saturated heterocycles. The zero-order valence-electron chi connectivity index (χ0n) is 14.3. The maximum Gasteiger partial charge on any atom is 0.319 e. The largest absolute Gasteiger partial charge is 0.495 e. The van der Waals surface area contributed by atoms with Crippen LogP contribution in [-0.4, -0.2) is 42.7 Å². The van der Waals surface area contributed by atoms with Crippen LogP contribution in [0.1, 0.15) is 12.8 Å². The molecule has 0 unspecified atom stereocenters. The standard InChI is InChI=1S/C18H23N5O2/c1-25-16-5-3-2-4-15(16)22-18(24)21-12-14-6-10-23(11-7-14)17-13-19-8-9-20-17/h2-5,8-9,13-14H,6-7,10-12H2,1H3,(H2,21,22,24). The minimum Gasteiger partial charge on any atom is -0.495 e. The summed E-state index contributed by atoms with van der Waals surface area (Å²) in [5, 5.41) is 5.79. The lowest BCUT2D eigenvalue weighted by atomic mass is 9.97. The number of ether oxygens (including phenoxy) is 1. The van der Waals surface area contributed by atoms with Crippen molar-refractivity contribution in [2.45, 2.75) is 12.8 Å². The Hall–Kier alpha value is -2.83. The number of piperidine rings is 1. The predicted octanol–water partition coefficient (Wildman–Crippen LogP) is 2.52. The van der Waals surface area contributed by atoms with Gasteiger partial charge in [-0.05, 0) is 30.9 Å². The number of urea groups is 1. The molecule has 7 heteroatoms. The molecule has 0 saturated carbocycles. The summed E-state index contributed by atoms with van der Waals surface area (Å²) in [5.74, 6) is 2.04. The molecule has 0 radical (unpaired) electrons. The fourth-order valence-corrected chi connectivity index (χ4v) is 2.97. The molecule has 132 valence electrons. The smallest absolute Gasteiger partial charge is 0.319 e. The van der Waals surface area contributed by atoms with Crippen molar-refractivity contribution in [1.29, 1.82) is 0 Å².